The molecule has 0 bridgehead atoms. The SMILES string of the molecule is O=C([O-])C(O)CO.O=C([O-])C(O)CO.[Cu+2]. The monoisotopic (exact) mass is 273 g/mol. The summed E-state index contributed by atoms with van der Waals surface area (Å²) in [4.78, 5) is 18.8. The zero-order valence-electron chi connectivity index (χ0n) is 7.29. The molecule has 0 aliphatic rings. The largest absolute Gasteiger partial charge is 2.00 e. The molecule has 0 saturated heterocycles. The molecule has 0 spiro atoms. The minimum atomic E-state index is -1.74. The summed E-state index contributed by atoms with van der Waals surface area (Å²) in [7, 11) is 0. The van der Waals surface area contributed by atoms with Crippen LogP contribution in [-0.4, -0.2) is 57.8 Å². The van der Waals surface area contributed by atoms with Crippen LogP contribution in [0.15, 0.2) is 0 Å². The van der Waals surface area contributed by atoms with Crippen molar-refractivity contribution >= 4 is 11.9 Å². The molecule has 0 aromatic heterocycles. The summed E-state index contributed by atoms with van der Waals surface area (Å²) in [5.41, 5.74) is 0. The second-order valence-electron chi connectivity index (χ2n) is 2.03. The Labute approximate surface area is 95.3 Å². The van der Waals surface area contributed by atoms with Gasteiger partial charge in [0.25, 0.3) is 0 Å². The van der Waals surface area contributed by atoms with Crippen molar-refractivity contribution in [2.75, 3.05) is 13.2 Å². The van der Waals surface area contributed by atoms with E-state index in [9.17, 15) is 19.8 Å². The molecule has 0 aliphatic carbocycles. The number of carbonyl (C=O) groups is 2. The molecule has 93 valence electrons. The molecule has 15 heavy (non-hydrogen) atoms. The third-order valence-electron chi connectivity index (χ3n) is 0.890. The van der Waals surface area contributed by atoms with Gasteiger partial charge >= 0.3 is 17.1 Å². The van der Waals surface area contributed by atoms with Gasteiger partial charge in [-0.3, -0.25) is 0 Å². The van der Waals surface area contributed by atoms with Crippen LogP contribution in [0.3, 0.4) is 0 Å². The summed E-state index contributed by atoms with van der Waals surface area (Å²) in [5.74, 6) is -3.30. The van der Waals surface area contributed by atoms with E-state index in [1.54, 1.807) is 0 Å². The first-order chi connectivity index (χ1) is 6.36. The number of aliphatic hydroxyl groups is 4. The van der Waals surface area contributed by atoms with Gasteiger partial charge < -0.3 is 40.2 Å². The van der Waals surface area contributed by atoms with Crippen molar-refractivity contribution in [1.82, 2.24) is 0 Å². The smallest absolute Gasteiger partial charge is 0.547 e. The van der Waals surface area contributed by atoms with E-state index in [1.165, 1.54) is 0 Å². The van der Waals surface area contributed by atoms with Gasteiger partial charge in [0, 0.05) is 0 Å². The summed E-state index contributed by atoms with van der Waals surface area (Å²) in [5, 5.41) is 50.5. The summed E-state index contributed by atoms with van der Waals surface area (Å²) in [6.07, 6.45) is -3.47. The van der Waals surface area contributed by atoms with Crippen LogP contribution in [0.4, 0.5) is 0 Å². The molecule has 0 aromatic carbocycles. The fourth-order valence-corrected chi connectivity index (χ4v) is 0.149. The maximum atomic E-state index is 9.41. The Balaban J connectivity index is -0.000000180. The van der Waals surface area contributed by atoms with E-state index in [-0.39, 0.29) is 17.1 Å². The number of aliphatic hydroxyl groups excluding tert-OH is 4. The maximum absolute atomic E-state index is 9.41. The van der Waals surface area contributed by atoms with Crippen molar-refractivity contribution in [3.8, 4) is 0 Å². The predicted molar refractivity (Wildman–Crippen MR) is 36.2 cm³/mol. The molecular formula is C6H10CuO8. The van der Waals surface area contributed by atoms with Crippen molar-refractivity contribution in [3.63, 3.8) is 0 Å². The summed E-state index contributed by atoms with van der Waals surface area (Å²) >= 11 is 0. The molecule has 0 aliphatic heterocycles. The molecule has 0 rings (SSSR count). The first kappa shape index (κ1) is 19.8. The molecule has 0 amide bonds. The Kier molecular flexibility index (Phi) is 15.0. The minimum absolute atomic E-state index is 0. The molecular weight excluding hydrogens is 264 g/mol. The molecule has 0 saturated carbocycles. The number of aliphatic carboxylic acids is 2. The Bertz CT molecular complexity index is 164. The molecule has 0 aromatic rings. The number of carbonyl (C=O) groups excluding carboxylic acids is 2. The second-order valence-corrected chi connectivity index (χ2v) is 2.03. The molecule has 2 unspecified atom stereocenters. The maximum Gasteiger partial charge on any atom is 2.00 e. The molecule has 1 radical (unpaired) electrons. The van der Waals surface area contributed by atoms with Crippen LogP contribution in [0.2, 0.25) is 0 Å². The zero-order valence-corrected chi connectivity index (χ0v) is 8.23. The average Bonchev–Trinajstić information content (AvgIpc) is 2.15. The zero-order chi connectivity index (χ0) is 11.7. The fourth-order valence-electron chi connectivity index (χ4n) is 0.149. The van der Waals surface area contributed by atoms with Crippen LogP contribution in [0.25, 0.3) is 0 Å². The normalized spacial score (nSPS) is 12.5. The van der Waals surface area contributed by atoms with Gasteiger partial charge in [-0.1, -0.05) is 0 Å². The summed E-state index contributed by atoms with van der Waals surface area (Å²) < 4.78 is 0. The van der Waals surface area contributed by atoms with E-state index in [2.05, 4.69) is 0 Å². The average molecular weight is 274 g/mol. The van der Waals surface area contributed by atoms with E-state index in [4.69, 9.17) is 20.4 Å². The minimum Gasteiger partial charge on any atom is -0.547 e. The van der Waals surface area contributed by atoms with E-state index in [1.807, 2.05) is 0 Å². The van der Waals surface area contributed by atoms with Crippen molar-refractivity contribution in [3.05, 3.63) is 0 Å². The van der Waals surface area contributed by atoms with Crippen molar-refractivity contribution in [2.24, 2.45) is 0 Å². The number of carboxylic acid groups (broad SMARTS) is 2. The first-order valence-corrected chi connectivity index (χ1v) is 3.36. The Hall–Kier alpha value is -0.701. The van der Waals surface area contributed by atoms with Crippen LogP contribution >= 0.6 is 0 Å². The number of carboxylic acids is 2. The summed E-state index contributed by atoms with van der Waals surface area (Å²) in [6, 6.07) is 0. The van der Waals surface area contributed by atoms with Gasteiger partial charge in [-0.2, -0.15) is 0 Å². The number of hydrogen-bond acceptors (Lipinski definition) is 8. The Morgan fingerprint density at radius 2 is 1.13 bits per heavy atom. The Morgan fingerprint density at radius 3 is 1.13 bits per heavy atom. The molecule has 4 N–H and O–H groups in total. The predicted octanol–water partition coefficient (Wildman–Crippen LogP) is -5.82. The van der Waals surface area contributed by atoms with E-state index >= 15 is 0 Å². The van der Waals surface area contributed by atoms with Crippen molar-refractivity contribution in [2.45, 2.75) is 12.2 Å². The van der Waals surface area contributed by atoms with E-state index < -0.39 is 37.4 Å². The van der Waals surface area contributed by atoms with Gasteiger partial charge in [0.15, 0.2) is 0 Å². The van der Waals surface area contributed by atoms with E-state index in [0.717, 1.165) is 0 Å². The second kappa shape index (κ2) is 11.4. The van der Waals surface area contributed by atoms with Gasteiger partial charge in [-0.25, -0.2) is 0 Å². The quantitative estimate of drug-likeness (QED) is 0.368. The van der Waals surface area contributed by atoms with Crippen molar-refractivity contribution in [1.29, 1.82) is 0 Å². The van der Waals surface area contributed by atoms with Crippen LogP contribution in [0.5, 0.6) is 0 Å². The van der Waals surface area contributed by atoms with Gasteiger partial charge in [0.05, 0.1) is 25.2 Å². The number of hydrogen-bond donors (Lipinski definition) is 4. The third-order valence-corrected chi connectivity index (χ3v) is 0.890. The standard InChI is InChI=1S/2C3H6O4.Cu/c2*4-1-2(5)3(6)7;/h2*2,4-5H,1H2,(H,6,7);/q;;+2/p-2. The van der Waals surface area contributed by atoms with Crippen LogP contribution in [0, 0.1) is 0 Å². The first-order valence-electron chi connectivity index (χ1n) is 3.36. The van der Waals surface area contributed by atoms with Crippen LogP contribution in [0.1, 0.15) is 0 Å². The third kappa shape index (κ3) is 13.3. The van der Waals surface area contributed by atoms with Gasteiger partial charge in [-0.15, -0.1) is 0 Å². The van der Waals surface area contributed by atoms with Crippen molar-refractivity contribution < 1.29 is 57.3 Å². The van der Waals surface area contributed by atoms with Gasteiger partial charge in [0.1, 0.15) is 12.2 Å². The topological polar surface area (TPSA) is 161 Å². The van der Waals surface area contributed by atoms with Crippen LogP contribution in [-0.2, 0) is 26.7 Å². The molecule has 8 nitrogen and oxygen atoms in total. The molecule has 0 fully saturated rings. The fraction of sp³-hybridized carbons (Fsp3) is 0.667. The molecule has 0 heterocycles. The number of rotatable bonds is 4. The van der Waals surface area contributed by atoms with Crippen LogP contribution < -0.4 is 10.2 Å². The van der Waals surface area contributed by atoms with Gasteiger partial charge in [0.2, 0.25) is 0 Å². The summed E-state index contributed by atoms with van der Waals surface area (Å²) in [6.45, 7) is -1.58. The van der Waals surface area contributed by atoms with E-state index in [0.29, 0.717) is 0 Å². The molecule has 9 heteroatoms. The molecule has 2 atom stereocenters. The Morgan fingerprint density at radius 1 is 0.933 bits per heavy atom. The van der Waals surface area contributed by atoms with Gasteiger partial charge in [-0.05, 0) is 0 Å².